The molecule has 164 valence electrons. The number of hydrogen-bond acceptors (Lipinski definition) is 3. The number of nitrogens with one attached hydrogen (secondary N) is 1. The predicted octanol–water partition coefficient (Wildman–Crippen LogP) is 3.13. The van der Waals surface area contributed by atoms with E-state index in [2.05, 4.69) is 11.9 Å². The first-order valence-corrected chi connectivity index (χ1v) is 10.5. The average Bonchev–Trinajstić information content (AvgIpc) is 2.82. The Morgan fingerprint density at radius 2 is 1.56 bits per heavy atom. The molecule has 0 radical (unpaired) electrons. The largest absolute Gasteiger partial charge is 0.348 e. The van der Waals surface area contributed by atoms with Gasteiger partial charge in [-0.1, -0.05) is 66.7 Å². The topological polar surface area (TPSA) is 71.4 Å². The first kappa shape index (κ1) is 22.7. The maximum absolute atomic E-state index is 13.1. The number of rotatable bonds is 9. The van der Waals surface area contributed by atoms with Gasteiger partial charge in [-0.15, -0.1) is 6.58 Å². The van der Waals surface area contributed by atoms with Crippen LogP contribution >= 0.6 is 0 Å². The molecule has 0 spiro atoms. The lowest BCUT2D eigenvalue weighted by atomic mass is 10.1. The van der Waals surface area contributed by atoms with E-state index in [0.717, 1.165) is 11.1 Å². The molecule has 0 fully saturated rings. The van der Waals surface area contributed by atoms with Crippen LogP contribution in [0.1, 0.15) is 31.8 Å². The van der Waals surface area contributed by atoms with Gasteiger partial charge in [0, 0.05) is 39.1 Å². The zero-order chi connectivity index (χ0) is 22.9. The van der Waals surface area contributed by atoms with Crippen molar-refractivity contribution < 1.29 is 9.59 Å². The van der Waals surface area contributed by atoms with Crippen molar-refractivity contribution in [2.45, 2.75) is 13.0 Å². The molecule has 0 aliphatic heterocycles. The van der Waals surface area contributed by atoms with E-state index in [4.69, 9.17) is 0 Å². The van der Waals surface area contributed by atoms with Crippen LogP contribution in [0.5, 0.6) is 0 Å². The van der Waals surface area contributed by atoms with Crippen molar-refractivity contribution >= 4 is 11.8 Å². The number of hydrogen-bond donors (Lipinski definition) is 1. The third-order valence-electron chi connectivity index (χ3n) is 5.09. The molecule has 2 aromatic carbocycles. The summed E-state index contributed by atoms with van der Waals surface area (Å²) in [4.78, 5) is 40.3. The maximum atomic E-state index is 13.1. The summed E-state index contributed by atoms with van der Waals surface area (Å²) in [6, 6.07) is 19.5. The van der Waals surface area contributed by atoms with Crippen LogP contribution in [0.3, 0.4) is 0 Å². The molecule has 0 aliphatic rings. The normalized spacial score (nSPS) is 10.4. The molecule has 0 saturated carbocycles. The van der Waals surface area contributed by atoms with Crippen molar-refractivity contribution in [3.05, 3.63) is 118 Å². The Morgan fingerprint density at radius 1 is 0.969 bits per heavy atom. The van der Waals surface area contributed by atoms with Gasteiger partial charge in [-0.25, -0.2) is 0 Å². The van der Waals surface area contributed by atoms with Crippen molar-refractivity contribution in [1.29, 1.82) is 0 Å². The van der Waals surface area contributed by atoms with E-state index in [0.29, 0.717) is 19.5 Å². The monoisotopic (exact) mass is 429 g/mol. The highest BCUT2D eigenvalue weighted by atomic mass is 16.2. The molecule has 0 bridgehead atoms. The fourth-order valence-corrected chi connectivity index (χ4v) is 3.34. The van der Waals surface area contributed by atoms with Gasteiger partial charge >= 0.3 is 0 Å². The number of carbonyl (C=O) groups is 2. The van der Waals surface area contributed by atoms with Crippen molar-refractivity contribution in [2.75, 3.05) is 20.1 Å². The Kier molecular flexibility index (Phi) is 7.75. The maximum Gasteiger partial charge on any atom is 0.259 e. The van der Waals surface area contributed by atoms with Crippen LogP contribution in [0.2, 0.25) is 0 Å². The third-order valence-corrected chi connectivity index (χ3v) is 5.09. The van der Waals surface area contributed by atoms with Gasteiger partial charge in [0.1, 0.15) is 11.1 Å². The van der Waals surface area contributed by atoms with Crippen molar-refractivity contribution in [1.82, 2.24) is 14.8 Å². The number of nitrogens with zero attached hydrogens (tertiary/aromatic N) is 2. The molecule has 32 heavy (non-hydrogen) atoms. The number of aromatic nitrogens is 1. The van der Waals surface area contributed by atoms with Crippen LogP contribution in [-0.2, 0) is 13.0 Å². The molecule has 0 unspecified atom stereocenters. The van der Waals surface area contributed by atoms with E-state index in [-0.39, 0.29) is 17.7 Å². The standard InChI is InChI=1S/C26H27N3O3/c1-3-15-27-25(31)22-18-29(17-21-12-8-5-9-13-21)19-23(24(22)30)26(32)28(2)16-14-20-10-6-4-7-11-20/h3-13,18-19H,1,14-17H2,2H3,(H,27,31). The summed E-state index contributed by atoms with van der Waals surface area (Å²) in [6.07, 6.45) is 5.23. The summed E-state index contributed by atoms with van der Waals surface area (Å²) in [5.41, 5.74) is 1.43. The van der Waals surface area contributed by atoms with Crippen LogP contribution in [-0.4, -0.2) is 41.4 Å². The molecule has 3 rings (SSSR count). The smallest absolute Gasteiger partial charge is 0.259 e. The van der Waals surface area contributed by atoms with Crippen LogP contribution in [0.25, 0.3) is 0 Å². The molecule has 3 aromatic rings. The molecular weight excluding hydrogens is 402 g/mol. The van der Waals surface area contributed by atoms with E-state index in [9.17, 15) is 14.4 Å². The summed E-state index contributed by atoms with van der Waals surface area (Å²) < 4.78 is 1.71. The Hall–Kier alpha value is -3.93. The fourth-order valence-electron chi connectivity index (χ4n) is 3.34. The molecule has 0 saturated heterocycles. The Morgan fingerprint density at radius 3 is 2.19 bits per heavy atom. The number of pyridine rings is 1. The molecule has 0 aliphatic carbocycles. The van der Waals surface area contributed by atoms with Crippen LogP contribution < -0.4 is 10.7 Å². The Labute approximate surface area is 187 Å². The summed E-state index contributed by atoms with van der Waals surface area (Å²) in [5, 5.41) is 2.63. The zero-order valence-electron chi connectivity index (χ0n) is 18.2. The van der Waals surface area contributed by atoms with Crippen LogP contribution in [0, 0.1) is 0 Å². The molecule has 6 heteroatoms. The molecule has 1 aromatic heterocycles. The first-order chi connectivity index (χ1) is 15.5. The van der Waals surface area contributed by atoms with Gasteiger partial charge in [-0.05, 0) is 17.5 Å². The quantitative estimate of drug-likeness (QED) is 0.531. The fraction of sp³-hybridized carbons (Fsp3) is 0.192. The molecule has 2 amide bonds. The molecule has 6 nitrogen and oxygen atoms in total. The summed E-state index contributed by atoms with van der Waals surface area (Å²) in [6.45, 7) is 4.69. The minimum Gasteiger partial charge on any atom is -0.348 e. The van der Waals surface area contributed by atoms with Crippen LogP contribution in [0.15, 0.2) is 90.5 Å². The van der Waals surface area contributed by atoms with E-state index in [1.54, 1.807) is 11.6 Å². The van der Waals surface area contributed by atoms with Gasteiger partial charge in [-0.3, -0.25) is 14.4 Å². The highest BCUT2D eigenvalue weighted by Gasteiger charge is 2.21. The second-order valence-electron chi connectivity index (χ2n) is 7.53. The van der Waals surface area contributed by atoms with E-state index < -0.39 is 17.2 Å². The average molecular weight is 430 g/mol. The Bertz CT molecular complexity index is 1140. The molecule has 0 atom stereocenters. The minimum atomic E-state index is -0.576. The van der Waals surface area contributed by atoms with Gasteiger partial charge in [0.15, 0.2) is 0 Å². The lowest BCUT2D eigenvalue weighted by Crippen LogP contribution is -2.37. The predicted molar refractivity (Wildman–Crippen MR) is 126 cm³/mol. The summed E-state index contributed by atoms with van der Waals surface area (Å²) >= 11 is 0. The zero-order valence-corrected chi connectivity index (χ0v) is 18.2. The van der Waals surface area contributed by atoms with Crippen molar-refractivity contribution in [3.63, 3.8) is 0 Å². The highest BCUT2D eigenvalue weighted by Crippen LogP contribution is 2.08. The number of likely N-dealkylation sites (N-methyl/N-ethyl adjacent to an activating group) is 1. The first-order valence-electron chi connectivity index (χ1n) is 10.5. The van der Waals surface area contributed by atoms with Gasteiger partial charge < -0.3 is 14.8 Å². The third kappa shape index (κ3) is 5.82. The minimum absolute atomic E-state index is 0.0252. The van der Waals surface area contributed by atoms with E-state index in [1.807, 2.05) is 60.7 Å². The van der Waals surface area contributed by atoms with Crippen LogP contribution in [0.4, 0.5) is 0 Å². The van der Waals surface area contributed by atoms with Gasteiger partial charge in [0.25, 0.3) is 11.8 Å². The molecule has 1 heterocycles. The van der Waals surface area contributed by atoms with Crippen molar-refractivity contribution in [2.24, 2.45) is 0 Å². The second kappa shape index (κ2) is 10.9. The lowest BCUT2D eigenvalue weighted by molar-refractivity contribution is 0.0794. The summed E-state index contributed by atoms with van der Waals surface area (Å²) in [7, 11) is 1.66. The SMILES string of the molecule is C=CCNC(=O)c1cn(Cc2ccccc2)cc(C(=O)N(C)CCc2ccccc2)c1=O. The van der Waals surface area contributed by atoms with Gasteiger partial charge in [0.05, 0.1) is 0 Å². The van der Waals surface area contributed by atoms with Crippen molar-refractivity contribution in [3.8, 4) is 0 Å². The number of benzene rings is 2. The Balaban J connectivity index is 1.90. The van der Waals surface area contributed by atoms with E-state index >= 15 is 0 Å². The van der Waals surface area contributed by atoms with Gasteiger partial charge in [-0.2, -0.15) is 0 Å². The lowest BCUT2D eigenvalue weighted by Gasteiger charge is -2.19. The number of carbonyl (C=O) groups excluding carboxylic acids is 2. The second-order valence-corrected chi connectivity index (χ2v) is 7.53. The molecular formula is C26H27N3O3. The molecule has 1 N–H and O–H groups in total. The summed E-state index contributed by atoms with van der Waals surface area (Å²) in [5.74, 6) is -0.940. The number of amides is 2. The van der Waals surface area contributed by atoms with Gasteiger partial charge in [0.2, 0.25) is 5.43 Å². The highest BCUT2D eigenvalue weighted by molar-refractivity contribution is 5.99. The van der Waals surface area contributed by atoms with E-state index in [1.165, 1.54) is 23.4 Å².